The molecule has 0 radical (unpaired) electrons. The number of carbonyl (C=O) groups excluding carboxylic acids is 6. The van der Waals surface area contributed by atoms with Crippen LogP contribution in [0.3, 0.4) is 0 Å². The van der Waals surface area contributed by atoms with E-state index in [1.807, 2.05) is 13.8 Å². The molecule has 5 unspecified atom stereocenters. The summed E-state index contributed by atoms with van der Waals surface area (Å²) in [5.41, 5.74) is 18.9. The van der Waals surface area contributed by atoms with Crippen LogP contribution in [0.1, 0.15) is 49.8 Å². The van der Waals surface area contributed by atoms with Gasteiger partial charge in [-0.2, -0.15) is 0 Å². The number of carboxylic acid groups (broad SMARTS) is 1. The van der Waals surface area contributed by atoms with Gasteiger partial charge in [-0.25, -0.2) is 4.79 Å². The molecule has 0 fully saturated rings. The predicted molar refractivity (Wildman–Crippen MR) is 231 cm³/mol. The molecule has 3 rings (SSSR count). The summed E-state index contributed by atoms with van der Waals surface area (Å²) < 4.78 is 0. The number of aliphatic carboxylic acids is 1. The van der Waals surface area contributed by atoms with E-state index in [9.17, 15) is 43.8 Å². The van der Waals surface area contributed by atoms with Crippen molar-refractivity contribution in [3.63, 3.8) is 0 Å². The van der Waals surface area contributed by atoms with Gasteiger partial charge in [-0.15, -0.1) is 0 Å². The molecule has 0 aliphatic heterocycles. The van der Waals surface area contributed by atoms with Gasteiger partial charge in [0.25, 0.3) is 0 Å². The Morgan fingerprint density at radius 3 is 1.66 bits per heavy atom. The summed E-state index contributed by atoms with van der Waals surface area (Å²) in [5, 5.41) is 34.7. The second-order valence-corrected chi connectivity index (χ2v) is 15.1. The van der Waals surface area contributed by atoms with Gasteiger partial charge in [0, 0.05) is 19.4 Å². The van der Waals surface area contributed by atoms with Crippen molar-refractivity contribution in [2.45, 2.75) is 82.6 Å². The molecule has 0 aliphatic rings. The third-order valence-electron chi connectivity index (χ3n) is 9.35. The van der Waals surface area contributed by atoms with Gasteiger partial charge in [0.1, 0.15) is 29.9 Å². The third-order valence-corrected chi connectivity index (χ3v) is 9.35. The van der Waals surface area contributed by atoms with Crippen molar-refractivity contribution in [2.24, 2.45) is 28.1 Å². The summed E-state index contributed by atoms with van der Waals surface area (Å²) in [6, 6.07) is 17.6. The summed E-state index contributed by atoms with van der Waals surface area (Å²) in [4.78, 5) is 95.8. The minimum atomic E-state index is -1.32. The molecule has 19 heteroatoms. The lowest BCUT2D eigenvalue weighted by Gasteiger charge is -2.27. The van der Waals surface area contributed by atoms with E-state index in [-0.39, 0.29) is 62.7 Å². The van der Waals surface area contributed by atoms with E-state index in [1.54, 1.807) is 72.8 Å². The highest BCUT2D eigenvalue weighted by atomic mass is 16.4. The van der Waals surface area contributed by atoms with Crippen LogP contribution in [0.15, 0.2) is 89.9 Å². The predicted octanol–water partition coefficient (Wildman–Crippen LogP) is -0.897. The zero-order chi connectivity index (χ0) is 45.6. The molecule has 19 nitrogen and oxygen atoms in total. The van der Waals surface area contributed by atoms with Crippen molar-refractivity contribution in [1.29, 1.82) is 0 Å². The van der Waals surface area contributed by atoms with Gasteiger partial charge in [0.15, 0.2) is 5.96 Å². The van der Waals surface area contributed by atoms with Crippen LogP contribution in [0.5, 0.6) is 5.75 Å². The fourth-order valence-corrected chi connectivity index (χ4v) is 6.17. The monoisotopic (exact) mass is 858 g/mol. The Bertz CT molecular complexity index is 1980. The lowest BCUT2D eigenvalue weighted by Crippen LogP contribution is -2.58. The molecule has 3 aromatic carbocycles. The van der Waals surface area contributed by atoms with E-state index in [0.717, 1.165) is 0 Å². The number of nitrogens with zero attached hydrogens (tertiary/aromatic N) is 1. The number of aliphatic imine (C=N–C) groups is 1. The number of aromatic hydroxyl groups is 1. The van der Waals surface area contributed by atoms with Gasteiger partial charge in [-0.05, 0) is 60.4 Å². The molecular formula is C43H58N10O9. The third kappa shape index (κ3) is 18.5. The van der Waals surface area contributed by atoms with Gasteiger partial charge < -0.3 is 59.3 Å². The molecule has 6 amide bonds. The van der Waals surface area contributed by atoms with Crippen molar-refractivity contribution in [3.05, 3.63) is 102 Å². The average molecular weight is 859 g/mol. The fraction of sp³-hybridized carbons (Fsp3) is 0.395. The maximum Gasteiger partial charge on any atom is 0.326 e. The van der Waals surface area contributed by atoms with E-state index in [1.165, 1.54) is 12.1 Å². The van der Waals surface area contributed by atoms with Crippen LogP contribution in [-0.2, 0) is 52.8 Å². The Morgan fingerprint density at radius 1 is 0.597 bits per heavy atom. The smallest absolute Gasteiger partial charge is 0.326 e. The minimum absolute atomic E-state index is 0.00513. The van der Waals surface area contributed by atoms with Crippen molar-refractivity contribution in [3.8, 4) is 5.75 Å². The van der Waals surface area contributed by atoms with Gasteiger partial charge in [0.2, 0.25) is 35.4 Å². The van der Waals surface area contributed by atoms with Gasteiger partial charge in [-0.1, -0.05) is 86.6 Å². The first-order valence-electron chi connectivity index (χ1n) is 20.1. The number of carboxylic acids is 1. The number of phenolic OH excluding ortho intramolecular Hbond substituents is 1. The fourth-order valence-electron chi connectivity index (χ4n) is 6.17. The van der Waals surface area contributed by atoms with Gasteiger partial charge >= 0.3 is 5.97 Å². The summed E-state index contributed by atoms with van der Waals surface area (Å²) >= 11 is 0. The Kier molecular flexibility index (Phi) is 20.3. The lowest BCUT2D eigenvalue weighted by molar-refractivity contribution is -0.142. The molecule has 0 bridgehead atoms. The number of phenols is 1. The molecule has 0 saturated heterocycles. The van der Waals surface area contributed by atoms with Gasteiger partial charge in [0.05, 0.1) is 19.1 Å². The van der Waals surface area contributed by atoms with Crippen molar-refractivity contribution in [2.75, 3.05) is 19.6 Å². The first kappa shape index (κ1) is 49.3. The molecule has 14 N–H and O–H groups in total. The largest absolute Gasteiger partial charge is 0.508 e. The highest BCUT2D eigenvalue weighted by molar-refractivity contribution is 5.96. The van der Waals surface area contributed by atoms with Crippen molar-refractivity contribution < 1.29 is 43.8 Å². The second-order valence-electron chi connectivity index (χ2n) is 15.1. The molecule has 334 valence electrons. The van der Waals surface area contributed by atoms with Crippen LogP contribution in [0, 0.1) is 5.92 Å². The van der Waals surface area contributed by atoms with Crippen LogP contribution in [0.25, 0.3) is 0 Å². The average Bonchev–Trinajstić information content (AvgIpc) is 3.23. The molecular weight excluding hydrogens is 801 g/mol. The zero-order valence-corrected chi connectivity index (χ0v) is 34.8. The zero-order valence-electron chi connectivity index (χ0n) is 34.8. The quantitative estimate of drug-likeness (QED) is 0.0281. The minimum Gasteiger partial charge on any atom is -0.508 e. The lowest BCUT2D eigenvalue weighted by atomic mass is 10.00. The molecule has 0 spiro atoms. The summed E-state index contributed by atoms with van der Waals surface area (Å²) in [6.45, 7) is 2.73. The van der Waals surface area contributed by atoms with E-state index in [2.05, 4.69) is 36.9 Å². The summed E-state index contributed by atoms with van der Waals surface area (Å²) in [5.74, 6) is -5.80. The first-order chi connectivity index (χ1) is 29.5. The SMILES string of the molecule is CC(C)CC(NC(=O)C(Cc1ccccc1)NC(=O)CNC(=O)CNC(=O)C(N)Cc1ccc(O)cc1)C(=O)NC(CCCN=C(N)N)C(=O)NC(Cc1ccccc1)C(=O)O. The van der Waals surface area contributed by atoms with Crippen molar-refractivity contribution in [1.82, 2.24) is 31.9 Å². The molecule has 0 heterocycles. The summed E-state index contributed by atoms with van der Waals surface area (Å²) in [7, 11) is 0. The molecule has 0 aliphatic carbocycles. The highest BCUT2D eigenvalue weighted by Crippen LogP contribution is 2.12. The maximum atomic E-state index is 13.9. The Balaban J connectivity index is 1.70. The number of amides is 6. The Morgan fingerprint density at radius 2 is 1.10 bits per heavy atom. The van der Waals surface area contributed by atoms with Crippen LogP contribution in [-0.4, -0.2) is 107 Å². The van der Waals surface area contributed by atoms with Crippen LogP contribution in [0.2, 0.25) is 0 Å². The number of nitrogens with two attached hydrogens (primary N) is 3. The first-order valence-corrected chi connectivity index (χ1v) is 20.1. The van der Waals surface area contributed by atoms with E-state index < -0.39 is 84.7 Å². The number of guanidine groups is 1. The Hall–Kier alpha value is -7.02. The van der Waals surface area contributed by atoms with Crippen LogP contribution < -0.4 is 49.1 Å². The number of rotatable bonds is 25. The summed E-state index contributed by atoms with van der Waals surface area (Å²) in [6.07, 6.45) is 0.512. The van der Waals surface area contributed by atoms with Crippen LogP contribution in [0.4, 0.5) is 0 Å². The molecule has 62 heavy (non-hydrogen) atoms. The molecule has 3 aromatic rings. The number of nitrogens with one attached hydrogen (secondary N) is 6. The number of benzene rings is 3. The molecule has 0 saturated carbocycles. The standard InChI is InChI=1S/C43H58N10O9/c1-26(2)20-33(40(59)51-32(14-9-19-47-43(45)46)39(58)53-35(42(61)62)23-28-12-7-4-8-13-28)52-41(60)34(22-27-10-5-3-6-11-27)50-37(56)25-48-36(55)24-49-38(57)31(44)21-29-15-17-30(54)18-16-29/h3-8,10-13,15-18,26,31-35,54H,9,14,19-25,44H2,1-2H3,(H,48,55)(H,49,57)(H,50,56)(H,51,59)(H,52,60)(H,53,58)(H,61,62)(H4,45,46,47). The number of hydrogen-bond donors (Lipinski definition) is 11. The van der Waals surface area contributed by atoms with Gasteiger partial charge in [-0.3, -0.25) is 33.8 Å². The van der Waals surface area contributed by atoms with Crippen molar-refractivity contribution >= 4 is 47.4 Å². The molecule has 0 aromatic heterocycles. The number of hydrogen-bond acceptors (Lipinski definition) is 10. The topological polar surface area (TPSA) is 323 Å². The maximum absolute atomic E-state index is 13.9. The highest BCUT2D eigenvalue weighted by Gasteiger charge is 2.32. The normalized spacial score (nSPS) is 13.2. The van der Waals surface area contributed by atoms with E-state index >= 15 is 0 Å². The Labute approximate surface area is 360 Å². The van der Waals surface area contributed by atoms with E-state index in [0.29, 0.717) is 16.7 Å². The number of carbonyl (C=O) groups is 7. The molecule has 5 atom stereocenters. The second kappa shape index (κ2) is 25.6. The van der Waals surface area contributed by atoms with Crippen LogP contribution >= 0.6 is 0 Å². The van der Waals surface area contributed by atoms with E-state index in [4.69, 9.17) is 17.2 Å².